The number of nitrogens with one attached hydrogen (secondary N) is 1. The van der Waals surface area contributed by atoms with Gasteiger partial charge in [0, 0.05) is 32.0 Å². The van der Waals surface area contributed by atoms with Crippen molar-refractivity contribution in [2.24, 2.45) is 11.7 Å². The lowest BCUT2D eigenvalue weighted by Gasteiger charge is -2.39. The van der Waals surface area contributed by atoms with Crippen molar-refractivity contribution in [2.45, 2.75) is 69.7 Å². The number of nitrogens with two attached hydrogens (primary N) is 1. The lowest BCUT2D eigenvalue weighted by atomic mass is 9.88. The molecule has 2 unspecified atom stereocenters. The number of aliphatic hydroxyl groups excluding tert-OH is 1. The van der Waals surface area contributed by atoms with Gasteiger partial charge in [-0.15, -0.1) is 0 Å². The topological polar surface area (TPSA) is 116 Å². The molecule has 194 valence electrons. The third kappa shape index (κ3) is 6.05. The van der Waals surface area contributed by atoms with Crippen LogP contribution in [0.3, 0.4) is 0 Å². The maximum absolute atomic E-state index is 13.4. The van der Waals surface area contributed by atoms with Crippen LogP contribution in [0.15, 0.2) is 42.5 Å². The molecule has 1 saturated heterocycles. The lowest BCUT2D eigenvalue weighted by Crippen LogP contribution is -2.57. The van der Waals surface area contributed by atoms with Crippen LogP contribution in [0.5, 0.6) is 0 Å². The summed E-state index contributed by atoms with van der Waals surface area (Å²) in [6, 6.07) is 13.2. The summed E-state index contributed by atoms with van der Waals surface area (Å²) in [4.78, 5) is 42.7. The van der Waals surface area contributed by atoms with Crippen LogP contribution in [0.25, 0.3) is 10.8 Å². The van der Waals surface area contributed by atoms with Crippen LogP contribution >= 0.6 is 0 Å². The first-order valence-corrected chi connectivity index (χ1v) is 13.2. The van der Waals surface area contributed by atoms with Gasteiger partial charge in [-0.3, -0.25) is 14.4 Å². The first-order valence-electron chi connectivity index (χ1n) is 13.2. The van der Waals surface area contributed by atoms with Crippen molar-refractivity contribution < 1.29 is 19.5 Å². The summed E-state index contributed by atoms with van der Waals surface area (Å²) in [5, 5.41) is 14.8. The van der Waals surface area contributed by atoms with Crippen molar-refractivity contribution in [3.8, 4) is 0 Å². The summed E-state index contributed by atoms with van der Waals surface area (Å²) >= 11 is 0. The molecule has 2 aromatic rings. The number of fused-ring (bicyclic) bond motifs is 1. The number of benzene rings is 2. The summed E-state index contributed by atoms with van der Waals surface area (Å²) in [6.45, 7) is 0.630. The third-order valence-electron chi connectivity index (χ3n) is 7.61. The molecule has 36 heavy (non-hydrogen) atoms. The standard InChI is InChI=1S/C28H38N4O4/c29-17-24(34)18-30-27(35)25(16-20-12-13-21-7-4-5-10-23(21)15-20)32(19-33)26-11-6-14-31(26)28(36)22-8-2-1-3-9-22/h4-5,7,10,12-13,15,19,22,24-26,34H,1-3,6,8-9,11,14,16-18,29H2,(H,30,35)/t24?,25-,26?/m1/s1. The minimum Gasteiger partial charge on any atom is -0.390 e. The van der Waals surface area contributed by atoms with Gasteiger partial charge in [-0.25, -0.2) is 0 Å². The highest BCUT2D eigenvalue weighted by Gasteiger charge is 2.40. The van der Waals surface area contributed by atoms with E-state index in [-0.39, 0.29) is 30.8 Å². The molecular weight excluding hydrogens is 456 g/mol. The second kappa shape index (κ2) is 12.3. The summed E-state index contributed by atoms with van der Waals surface area (Å²) in [6.07, 6.45) is 6.19. The van der Waals surface area contributed by atoms with E-state index in [0.717, 1.165) is 54.9 Å². The minimum absolute atomic E-state index is 0.000294. The number of hydrogen-bond acceptors (Lipinski definition) is 5. The second-order valence-corrected chi connectivity index (χ2v) is 10.1. The lowest BCUT2D eigenvalue weighted by molar-refractivity contribution is -0.148. The van der Waals surface area contributed by atoms with Gasteiger partial charge in [-0.2, -0.15) is 0 Å². The number of hydrogen-bond donors (Lipinski definition) is 3. The van der Waals surface area contributed by atoms with Gasteiger partial charge >= 0.3 is 0 Å². The van der Waals surface area contributed by atoms with E-state index in [0.29, 0.717) is 25.8 Å². The molecule has 0 radical (unpaired) electrons. The predicted octanol–water partition coefficient (Wildman–Crippen LogP) is 2.17. The summed E-state index contributed by atoms with van der Waals surface area (Å²) in [5.41, 5.74) is 6.43. The van der Waals surface area contributed by atoms with Gasteiger partial charge in [0.05, 0.1) is 6.10 Å². The number of nitrogens with zero attached hydrogens (tertiary/aromatic N) is 2. The van der Waals surface area contributed by atoms with Gasteiger partial charge in [0.15, 0.2) is 0 Å². The molecule has 3 amide bonds. The summed E-state index contributed by atoms with van der Waals surface area (Å²) < 4.78 is 0. The van der Waals surface area contributed by atoms with Crippen LogP contribution in [0.1, 0.15) is 50.5 Å². The van der Waals surface area contributed by atoms with E-state index in [1.165, 1.54) is 4.90 Å². The Morgan fingerprint density at radius 2 is 1.83 bits per heavy atom. The fourth-order valence-electron chi connectivity index (χ4n) is 5.59. The normalized spacial score (nSPS) is 20.2. The number of amides is 3. The average molecular weight is 495 g/mol. The molecule has 8 heteroatoms. The van der Waals surface area contributed by atoms with E-state index in [2.05, 4.69) is 5.32 Å². The van der Waals surface area contributed by atoms with Crippen molar-refractivity contribution in [3.05, 3.63) is 48.0 Å². The monoisotopic (exact) mass is 494 g/mol. The van der Waals surface area contributed by atoms with Crippen molar-refractivity contribution in [1.82, 2.24) is 15.1 Å². The number of aliphatic hydroxyl groups is 1. The molecule has 0 aromatic heterocycles. The van der Waals surface area contributed by atoms with Crippen molar-refractivity contribution in [2.75, 3.05) is 19.6 Å². The molecule has 0 bridgehead atoms. The molecule has 1 heterocycles. The fraction of sp³-hybridized carbons (Fsp3) is 0.536. The fourth-order valence-corrected chi connectivity index (χ4v) is 5.59. The number of rotatable bonds is 10. The number of carbonyl (C=O) groups is 3. The maximum atomic E-state index is 13.4. The largest absolute Gasteiger partial charge is 0.390 e. The van der Waals surface area contributed by atoms with Crippen molar-refractivity contribution in [3.63, 3.8) is 0 Å². The van der Waals surface area contributed by atoms with E-state index < -0.39 is 18.3 Å². The van der Waals surface area contributed by atoms with Gasteiger partial charge in [-0.1, -0.05) is 61.7 Å². The second-order valence-electron chi connectivity index (χ2n) is 10.1. The van der Waals surface area contributed by atoms with Gasteiger partial charge < -0.3 is 26.0 Å². The molecule has 8 nitrogen and oxygen atoms in total. The Bertz CT molecular complexity index is 1050. The van der Waals surface area contributed by atoms with Crippen molar-refractivity contribution in [1.29, 1.82) is 0 Å². The average Bonchev–Trinajstić information content (AvgIpc) is 3.41. The highest BCUT2D eigenvalue weighted by atomic mass is 16.3. The summed E-state index contributed by atoms with van der Waals surface area (Å²) in [7, 11) is 0. The molecule has 4 rings (SSSR count). The molecule has 1 aliphatic heterocycles. The first kappa shape index (κ1) is 26.1. The zero-order valence-corrected chi connectivity index (χ0v) is 20.9. The van der Waals surface area contributed by atoms with Crippen LogP contribution < -0.4 is 11.1 Å². The highest BCUT2D eigenvalue weighted by Crippen LogP contribution is 2.31. The molecule has 2 aliphatic rings. The highest BCUT2D eigenvalue weighted by molar-refractivity contribution is 5.86. The van der Waals surface area contributed by atoms with E-state index in [9.17, 15) is 19.5 Å². The van der Waals surface area contributed by atoms with Crippen LogP contribution in [-0.2, 0) is 20.8 Å². The molecule has 1 aliphatic carbocycles. The zero-order chi connectivity index (χ0) is 25.5. The van der Waals surface area contributed by atoms with E-state index in [1.54, 1.807) is 0 Å². The Hall–Kier alpha value is -2.97. The van der Waals surface area contributed by atoms with Crippen LogP contribution in [0, 0.1) is 5.92 Å². The molecule has 2 aromatic carbocycles. The molecule has 2 fully saturated rings. The maximum Gasteiger partial charge on any atom is 0.243 e. The van der Waals surface area contributed by atoms with Crippen molar-refractivity contribution >= 4 is 29.0 Å². The van der Waals surface area contributed by atoms with E-state index >= 15 is 0 Å². The Balaban J connectivity index is 1.59. The molecule has 3 atom stereocenters. The minimum atomic E-state index is -0.865. The van der Waals surface area contributed by atoms with E-state index in [4.69, 9.17) is 5.73 Å². The molecule has 1 saturated carbocycles. The molecule has 0 spiro atoms. The van der Waals surface area contributed by atoms with Gasteiger partial charge in [0.1, 0.15) is 12.2 Å². The predicted molar refractivity (Wildman–Crippen MR) is 139 cm³/mol. The van der Waals surface area contributed by atoms with Crippen LogP contribution in [0.4, 0.5) is 0 Å². The Morgan fingerprint density at radius 3 is 2.56 bits per heavy atom. The number of likely N-dealkylation sites (tertiary alicyclic amines) is 1. The van der Waals surface area contributed by atoms with Gasteiger partial charge in [-0.05, 0) is 42.0 Å². The quantitative estimate of drug-likeness (QED) is 0.438. The molecule has 4 N–H and O–H groups in total. The van der Waals surface area contributed by atoms with Gasteiger partial charge in [0.2, 0.25) is 18.2 Å². The van der Waals surface area contributed by atoms with Crippen LogP contribution in [0.2, 0.25) is 0 Å². The molecular formula is C28H38N4O4. The Kier molecular flexibility index (Phi) is 8.93. The summed E-state index contributed by atoms with van der Waals surface area (Å²) in [5.74, 6) is -0.257. The number of carbonyl (C=O) groups excluding carboxylic acids is 3. The Labute approximate surface area is 212 Å². The smallest absolute Gasteiger partial charge is 0.243 e. The first-order chi connectivity index (χ1) is 17.5. The van der Waals surface area contributed by atoms with E-state index in [1.807, 2.05) is 47.4 Å². The third-order valence-corrected chi connectivity index (χ3v) is 7.61. The van der Waals surface area contributed by atoms with Gasteiger partial charge in [0.25, 0.3) is 0 Å². The zero-order valence-electron chi connectivity index (χ0n) is 20.9. The van der Waals surface area contributed by atoms with Crippen LogP contribution in [-0.4, -0.2) is 71.1 Å². The SMILES string of the molecule is NCC(O)CNC(=O)[C@@H](Cc1ccc2ccccc2c1)N(C=O)C1CCCN1C(=O)C1CCCCC1. The Morgan fingerprint density at radius 1 is 1.08 bits per heavy atom.